The predicted octanol–water partition coefficient (Wildman–Crippen LogP) is 2.05. The second kappa shape index (κ2) is 3.16. The van der Waals surface area contributed by atoms with E-state index in [1.807, 2.05) is 0 Å². The molecule has 0 bridgehead atoms. The van der Waals surface area contributed by atoms with Crippen LogP contribution in [0.5, 0.6) is 0 Å². The molecule has 74 valence electrons. The molecule has 0 amide bonds. The zero-order valence-corrected chi connectivity index (χ0v) is 8.96. The maximum absolute atomic E-state index is 5.51. The van der Waals surface area contributed by atoms with Gasteiger partial charge in [0.25, 0.3) is 0 Å². The first-order chi connectivity index (χ1) is 6.36. The standard InChI is InChI=1S/C9H17N2OP/c1-13-11-8-5-3-2-4-7(8)6-9(11)10-12-13/h7-10H,2-6H2,1H3/t7-,8-,9-,13?/m0/s1. The molecule has 13 heavy (non-hydrogen) atoms. The number of hydrogen-bond donors (Lipinski definition) is 1. The van der Waals surface area contributed by atoms with Crippen molar-refractivity contribution < 1.29 is 4.62 Å². The first kappa shape index (κ1) is 8.60. The number of nitrogens with one attached hydrogen (secondary N) is 1. The lowest BCUT2D eigenvalue weighted by Crippen LogP contribution is -2.34. The van der Waals surface area contributed by atoms with E-state index >= 15 is 0 Å². The van der Waals surface area contributed by atoms with Gasteiger partial charge < -0.3 is 0 Å². The van der Waals surface area contributed by atoms with Crippen LogP contribution in [0, 0.1) is 5.92 Å². The Labute approximate surface area is 80.7 Å². The van der Waals surface area contributed by atoms with Crippen molar-refractivity contribution in [2.45, 2.75) is 44.3 Å². The molecule has 2 heterocycles. The Kier molecular flexibility index (Phi) is 2.09. The van der Waals surface area contributed by atoms with Crippen molar-refractivity contribution in [3.63, 3.8) is 0 Å². The molecule has 1 N–H and O–H groups in total. The summed E-state index contributed by atoms with van der Waals surface area (Å²) in [4.78, 5) is 0. The van der Waals surface area contributed by atoms with Crippen molar-refractivity contribution in [1.29, 1.82) is 0 Å². The summed E-state index contributed by atoms with van der Waals surface area (Å²) < 4.78 is 8.12. The Morgan fingerprint density at radius 3 is 3.15 bits per heavy atom. The molecule has 1 aliphatic carbocycles. The Hall–Kier alpha value is 0.310. The number of nitrogens with zero attached hydrogens (tertiary/aromatic N) is 1. The van der Waals surface area contributed by atoms with E-state index in [2.05, 4.69) is 16.8 Å². The summed E-state index contributed by atoms with van der Waals surface area (Å²) in [7, 11) is -0.327. The number of rotatable bonds is 0. The van der Waals surface area contributed by atoms with Crippen LogP contribution in [0.1, 0.15) is 32.1 Å². The maximum atomic E-state index is 5.51. The average molecular weight is 200 g/mol. The van der Waals surface area contributed by atoms with Gasteiger partial charge in [0.2, 0.25) is 0 Å². The third-order valence-corrected chi connectivity index (χ3v) is 5.30. The van der Waals surface area contributed by atoms with Crippen LogP contribution in [0.2, 0.25) is 0 Å². The summed E-state index contributed by atoms with van der Waals surface area (Å²) in [6, 6.07) is 0.838. The highest BCUT2D eigenvalue weighted by Crippen LogP contribution is 2.54. The molecule has 3 rings (SSSR count). The summed E-state index contributed by atoms with van der Waals surface area (Å²) in [6.07, 6.45) is 7.58. The molecule has 3 fully saturated rings. The smallest absolute Gasteiger partial charge is 0.127 e. The number of hydrogen-bond acceptors (Lipinski definition) is 3. The normalized spacial score (nSPS) is 50.5. The lowest BCUT2D eigenvalue weighted by molar-refractivity contribution is 0.193. The largest absolute Gasteiger partial charge is 0.262 e. The third-order valence-electron chi connectivity index (χ3n) is 3.70. The first-order valence-corrected chi connectivity index (χ1v) is 6.96. The minimum atomic E-state index is -0.327. The molecule has 2 aliphatic heterocycles. The van der Waals surface area contributed by atoms with Gasteiger partial charge in [-0.3, -0.25) is 4.62 Å². The zero-order chi connectivity index (χ0) is 8.84. The van der Waals surface area contributed by atoms with Crippen LogP contribution in [0.3, 0.4) is 0 Å². The molecule has 4 atom stereocenters. The van der Waals surface area contributed by atoms with E-state index in [0.29, 0.717) is 6.17 Å². The van der Waals surface area contributed by atoms with Gasteiger partial charge in [-0.1, -0.05) is 12.8 Å². The van der Waals surface area contributed by atoms with Crippen LogP contribution in [0.15, 0.2) is 0 Å². The Morgan fingerprint density at radius 1 is 1.38 bits per heavy atom. The lowest BCUT2D eigenvalue weighted by Gasteiger charge is -2.31. The molecule has 0 aromatic heterocycles. The van der Waals surface area contributed by atoms with Crippen molar-refractivity contribution in [2.75, 3.05) is 6.66 Å². The molecule has 4 heteroatoms. The fourth-order valence-electron chi connectivity index (χ4n) is 3.13. The first-order valence-electron chi connectivity index (χ1n) is 5.31. The molecule has 0 aromatic carbocycles. The van der Waals surface area contributed by atoms with Gasteiger partial charge in [-0.25, -0.2) is 4.67 Å². The minimum absolute atomic E-state index is 0.327. The Balaban J connectivity index is 1.81. The highest BCUT2D eigenvalue weighted by molar-refractivity contribution is 7.49. The van der Waals surface area contributed by atoms with Crippen LogP contribution in [-0.4, -0.2) is 23.5 Å². The van der Waals surface area contributed by atoms with Crippen molar-refractivity contribution in [3.8, 4) is 0 Å². The van der Waals surface area contributed by atoms with Gasteiger partial charge in [0.05, 0.1) is 6.17 Å². The van der Waals surface area contributed by atoms with Crippen molar-refractivity contribution in [1.82, 2.24) is 10.2 Å². The Morgan fingerprint density at radius 2 is 2.23 bits per heavy atom. The molecule has 2 saturated heterocycles. The average Bonchev–Trinajstić information content (AvgIpc) is 2.66. The minimum Gasteiger partial charge on any atom is -0.262 e. The zero-order valence-electron chi connectivity index (χ0n) is 8.07. The summed E-state index contributed by atoms with van der Waals surface area (Å²) in [6.45, 7) is 2.22. The maximum Gasteiger partial charge on any atom is 0.127 e. The summed E-state index contributed by atoms with van der Waals surface area (Å²) in [5.74, 6) is 0.958. The number of fused-ring (bicyclic) bond motifs is 3. The monoisotopic (exact) mass is 200 g/mol. The van der Waals surface area contributed by atoms with Gasteiger partial charge in [0, 0.05) is 6.04 Å². The summed E-state index contributed by atoms with van der Waals surface area (Å²) in [5.41, 5.74) is 3.18. The van der Waals surface area contributed by atoms with E-state index in [4.69, 9.17) is 4.62 Å². The molecule has 3 aliphatic rings. The third kappa shape index (κ3) is 1.25. The predicted molar refractivity (Wildman–Crippen MR) is 53.1 cm³/mol. The van der Waals surface area contributed by atoms with Gasteiger partial charge in [-0.05, 0) is 31.8 Å². The van der Waals surface area contributed by atoms with Crippen LogP contribution in [-0.2, 0) is 4.62 Å². The quantitative estimate of drug-likeness (QED) is 0.606. The van der Waals surface area contributed by atoms with Gasteiger partial charge in [-0.15, -0.1) is 0 Å². The summed E-state index contributed by atoms with van der Waals surface area (Å²) >= 11 is 0. The number of hydroxylamine groups is 1. The molecular weight excluding hydrogens is 183 g/mol. The second-order valence-electron chi connectivity index (χ2n) is 4.42. The topological polar surface area (TPSA) is 24.5 Å². The van der Waals surface area contributed by atoms with Gasteiger partial charge >= 0.3 is 0 Å². The van der Waals surface area contributed by atoms with E-state index in [1.54, 1.807) is 0 Å². The molecule has 1 unspecified atom stereocenters. The fraction of sp³-hybridized carbons (Fsp3) is 1.00. The van der Waals surface area contributed by atoms with Gasteiger partial charge in [-0.2, -0.15) is 5.48 Å². The van der Waals surface area contributed by atoms with Crippen LogP contribution < -0.4 is 5.48 Å². The fourth-order valence-corrected chi connectivity index (χ4v) is 4.75. The molecule has 0 aromatic rings. The van der Waals surface area contributed by atoms with E-state index in [0.717, 1.165) is 12.0 Å². The highest BCUT2D eigenvalue weighted by Gasteiger charge is 2.48. The van der Waals surface area contributed by atoms with Crippen molar-refractivity contribution >= 4 is 8.30 Å². The van der Waals surface area contributed by atoms with Crippen LogP contribution in [0.4, 0.5) is 0 Å². The molecule has 0 spiro atoms. The molecule has 1 saturated carbocycles. The van der Waals surface area contributed by atoms with Gasteiger partial charge in [0.1, 0.15) is 8.30 Å². The SMILES string of the molecule is CP1ON[C@@H]2C[C@@H]3CCCC[C@@H]3N21. The molecule has 0 radical (unpaired) electrons. The van der Waals surface area contributed by atoms with Crippen LogP contribution in [0.25, 0.3) is 0 Å². The van der Waals surface area contributed by atoms with Crippen LogP contribution >= 0.6 is 8.30 Å². The second-order valence-corrected chi connectivity index (χ2v) is 5.99. The Bertz CT molecular complexity index is 212. The van der Waals surface area contributed by atoms with Crippen molar-refractivity contribution in [2.24, 2.45) is 5.92 Å². The summed E-state index contributed by atoms with van der Waals surface area (Å²) in [5, 5.41) is 0. The molecular formula is C9H17N2OP. The van der Waals surface area contributed by atoms with Gasteiger partial charge in [0.15, 0.2) is 0 Å². The van der Waals surface area contributed by atoms with E-state index in [9.17, 15) is 0 Å². The van der Waals surface area contributed by atoms with E-state index < -0.39 is 0 Å². The van der Waals surface area contributed by atoms with E-state index in [1.165, 1.54) is 32.1 Å². The van der Waals surface area contributed by atoms with E-state index in [-0.39, 0.29) is 8.30 Å². The molecule has 3 nitrogen and oxygen atoms in total. The highest BCUT2D eigenvalue weighted by atomic mass is 31.2. The van der Waals surface area contributed by atoms with Crippen molar-refractivity contribution in [3.05, 3.63) is 0 Å². The lowest BCUT2D eigenvalue weighted by atomic mass is 9.85.